The van der Waals surface area contributed by atoms with Gasteiger partial charge < -0.3 is 5.11 Å². The summed E-state index contributed by atoms with van der Waals surface area (Å²) in [6.45, 7) is 0. The molecule has 2 heterocycles. The number of alkyl halides is 3. The highest BCUT2D eigenvalue weighted by molar-refractivity contribution is 6.00. The molecule has 0 unspecified atom stereocenters. The van der Waals surface area contributed by atoms with Gasteiger partial charge in [-0.1, -0.05) is 0 Å². The Labute approximate surface area is 103 Å². The van der Waals surface area contributed by atoms with E-state index >= 15 is 0 Å². The Kier molecular flexibility index (Phi) is 2.16. The number of hydrogen-bond acceptors (Lipinski definition) is 3. The Balaban J connectivity index is 2.37. The first-order valence-electron chi connectivity index (χ1n) is 5.21. The van der Waals surface area contributed by atoms with Crippen LogP contribution in [0.15, 0.2) is 27.8 Å². The first-order valence-corrected chi connectivity index (χ1v) is 5.21. The maximum atomic E-state index is 13.0. The van der Waals surface area contributed by atoms with Crippen LogP contribution in [0.3, 0.4) is 0 Å². The number of rotatable bonds is 1. The fourth-order valence-corrected chi connectivity index (χ4v) is 2.13. The molecule has 0 aromatic heterocycles. The van der Waals surface area contributed by atoms with Gasteiger partial charge in [0.15, 0.2) is 5.70 Å². The van der Waals surface area contributed by atoms with E-state index in [9.17, 15) is 18.0 Å². The summed E-state index contributed by atoms with van der Waals surface area (Å²) >= 11 is 0. The van der Waals surface area contributed by atoms with Gasteiger partial charge in [-0.05, 0) is 18.2 Å². The molecule has 0 saturated heterocycles. The zero-order valence-electron chi connectivity index (χ0n) is 9.19. The highest BCUT2D eigenvalue weighted by Crippen LogP contribution is 2.37. The van der Waals surface area contributed by atoms with Crippen molar-refractivity contribution in [2.24, 2.45) is 9.98 Å². The molecule has 0 radical (unpaired) electrons. The molecule has 0 saturated carbocycles. The van der Waals surface area contributed by atoms with Crippen LogP contribution in [0.5, 0.6) is 0 Å². The van der Waals surface area contributed by atoms with Crippen molar-refractivity contribution in [1.82, 2.24) is 0 Å². The van der Waals surface area contributed by atoms with E-state index in [0.29, 0.717) is 10.9 Å². The van der Waals surface area contributed by atoms with Crippen molar-refractivity contribution in [2.75, 3.05) is 0 Å². The SMILES string of the molecule is O=C(O)C1=C(C(F)(F)F)c2ccc3c(c2=N1)=CC=N3. The molecular weight excluding hydrogens is 261 g/mol. The fraction of sp³-hybridized carbons (Fsp3) is 0.0833. The third-order valence-electron chi connectivity index (χ3n) is 2.86. The van der Waals surface area contributed by atoms with E-state index in [2.05, 4.69) is 9.98 Å². The van der Waals surface area contributed by atoms with Crippen molar-refractivity contribution < 1.29 is 23.1 Å². The quantitative estimate of drug-likeness (QED) is 0.829. The lowest BCUT2D eigenvalue weighted by atomic mass is 10.0. The minimum atomic E-state index is -4.77. The van der Waals surface area contributed by atoms with Gasteiger partial charge >= 0.3 is 12.1 Å². The third-order valence-corrected chi connectivity index (χ3v) is 2.86. The molecule has 0 atom stereocenters. The maximum absolute atomic E-state index is 13.0. The summed E-state index contributed by atoms with van der Waals surface area (Å²) in [5.41, 5.74) is -1.92. The zero-order chi connectivity index (χ0) is 13.8. The van der Waals surface area contributed by atoms with Crippen molar-refractivity contribution in [3.8, 4) is 0 Å². The average molecular weight is 266 g/mol. The van der Waals surface area contributed by atoms with Gasteiger partial charge in [0.1, 0.15) is 0 Å². The highest BCUT2D eigenvalue weighted by atomic mass is 19.4. The Morgan fingerprint density at radius 3 is 2.63 bits per heavy atom. The van der Waals surface area contributed by atoms with E-state index in [-0.39, 0.29) is 10.9 Å². The van der Waals surface area contributed by atoms with Gasteiger partial charge in [0.05, 0.1) is 16.6 Å². The Bertz CT molecular complexity index is 788. The van der Waals surface area contributed by atoms with Crippen LogP contribution in [0.25, 0.3) is 11.6 Å². The number of hydrogen-bond donors (Lipinski definition) is 1. The van der Waals surface area contributed by atoms with E-state index in [1.807, 2.05) is 0 Å². The summed E-state index contributed by atoms with van der Waals surface area (Å²) in [5, 5.41) is 9.30. The van der Waals surface area contributed by atoms with Crippen molar-refractivity contribution in [3.05, 3.63) is 34.0 Å². The van der Waals surface area contributed by atoms with E-state index in [1.165, 1.54) is 24.4 Å². The molecule has 0 bridgehead atoms. The number of benzene rings is 1. The first kappa shape index (κ1) is 11.6. The lowest BCUT2D eigenvalue weighted by Crippen LogP contribution is -2.27. The van der Waals surface area contributed by atoms with E-state index < -0.39 is 23.4 Å². The number of carboxylic acids is 1. The lowest BCUT2D eigenvalue weighted by molar-refractivity contribution is -0.133. The molecule has 0 fully saturated rings. The normalized spacial score (nSPS) is 15.9. The molecule has 0 spiro atoms. The van der Waals surface area contributed by atoms with Crippen LogP contribution in [0, 0.1) is 0 Å². The maximum Gasteiger partial charge on any atom is 0.419 e. The topological polar surface area (TPSA) is 62.0 Å². The minimum absolute atomic E-state index is 0.0136. The number of aliphatic carboxylic acids is 1. The predicted octanol–water partition coefficient (Wildman–Crippen LogP) is 1.17. The number of fused-ring (bicyclic) bond motifs is 3. The number of aliphatic imine (C=N–C) groups is 1. The molecule has 1 aromatic rings. The van der Waals surface area contributed by atoms with Crippen LogP contribution in [-0.2, 0) is 4.79 Å². The number of carbonyl (C=O) groups is 1. The van der Waals surface area contributed by atoms with Crippen LogP contribution in [0.1, 0.15) is 5.56 Å². The summed E-state index contributed by atoms with van der Waals surface area (Å²) in [7, 11) is 0. The van der Waals surface area contributed by atoms with Gasteiger partial charge in [-0.25, -0.2) is 9.79 Å². The largest absolute Gasteiger partial charge is 0.476 e. The van der Waals surface area contributed by atoms with Crippen molar-refractivity contribution in [3.63, 3.8) is 0 Å². The molecule has 2 aliphatic rings. The standard InChI is InChI=1S/C12H5F3N2O2/c13-12(14,15)8-6-1-2-7-5(3-4-16-7)9(6)17-10(8)11(18)19/h1-4H,(H,18,19). The Hall–Kier alpha value is -2.44. The fourth-order valence-electron chi connectivity index (χ4n) is 2.13. The van der Waals surface area contributed by atoms with Crippen LogP contribution in [0.4, 0.5) is 18.9 Å². The number of nitrogens with zero attached hydrogens (tertiary/aromatic N) is 2. The molecule has 0 amide bonds. The third kappa shape index (κ3) is 1.58. The second-order valence-corrected chi connectivity index (χ2v) is 3.98. The lowest BCUT2D eigenvalue weighted by Gasteiger charge is -2.09. The summed E-state index contributed by atoms with van der Waals surface area (Å²) in [6, 6.07) is 2.62. The number of allylic oxidation sites excluding steroid dienone is 1. The van der Waals surface area contributed by atoms with Gasteiger partial charge in [0.2, 0.25) is 0 Å². The molecule has 3 rings (SSSR count). The van der Waals surface area contributed by atoms with E-state index in [4.69, 9.17) is 5.11 Å². The van der Waals surface area contributed by atoms with Crippen LogP contribution < -0.4 is 10.6 Å². The monoisotopic (exact) mass is 266 g/mol. The molecule has 0 aliphatic carbocycles. The second-order valence-electron chi connectivity index (χ2n) is 3.98. The molecule has 96 valence electrons. The molecule has 1 N–H and O–H groups in total. The Morgan fingerprint density at radius 1 is 1.26 bits per heavy atom. The molecule has 19 heavy (non-hydrogen) atoms. The van der Waals surface area contributed by atoms with E-state index in [1.54, 1.807) is 0 Å². The minimum Gasteiger partial charge on any atom is -0.476 e. The summed E-state index contributed by atoms with van der Waals surface area (Å²) in [5.74, 6) is -1.70. The van der Waals surface area contributed by atoms with E-state index in [0.717, 1.165) is 0 Å². The van der Waals surface area contributed by atoms with Crippen LogP contribution in [0.2, 0.25) is 0 Å². The number of carboxylic acid groups (broad SMARTS) is 1. The molecule has 1 aromatic carbocycles. The van der Waals surface area contributed by atoms with Crippen molar-refractivity contribution in [1.29, 1.82) is 0 Å². The van der Waals surface area contributed by atoms with Gasteiger partial charge in [0, 0.05) is 17.0 Å². The van der Waals surface area contributed by atoms with Gasteiger partial charge in [-0.15, -0.1) is 0 Å². The molecule has 7 heteroatoms. The average Bonchev–Trinajstić information content (AvgIpc) is 2.90. The zero-order valence-corrected chi connectivity index (χ0v) is 9.19. The second kappa shape index (κ2) is 3.53. The van der Waals surface area contributed by atoms with Gasteiger partial charge in [0.25, 0.3) is 0 Å². The summed E-state index contributed by atoms with van der Waals surface area (Å²) in [4.78, 5) is 18.5. The van der Waals surface area contributed by atoms with Crippen molar-refractivity contribution >= 4 is 29.5 Å². The smallest absolute Gasteiger partial charge is 0.419 e. The molecular formula is C12H5F3N2O2. The van der Waals surface area contributed by atoms with Gasteiger partial charge in [-0.2, -0.15) is 13.2 Å². The summed E-state index contributed by atoms with van der Waals surface area (Å²) < 4.78 is 38.9. The Morgan fingerprint density at radius 2 is 2.00 bits per heavy atom. The van der Waals surface area contributed by atoms with Crippen LogP contribution >= 0.6 is 0 Å². The molecule has 2 aliphatic heterocycles. The summed E-state index contributed by atoms with van der Waals surface area (Å²) in [6.07, 6.45) is -1.82. The van der Waals surface area contributed by atoms with Gasteiger partial charge in [-0.3, -0.25) is 4.99 Å². The highest BCUT2D eigenvalue weighted by Gasteiger charge is 2.42. The molecule has 4 nitrogen and oxygen atoms in total. The van der Waals surface area contributed by atoms with Crippen LogP contribution in [-0.4, -0.2) is 23.5 Å². The number of halogens is 3. The van der Waals surface area contributed by atoms with Crippen molar-refractivity contribution in [2.45, 2.75) is 6.18 Å². The predicted molar refractivity (Wildman–Crippen MR) is 60.5 cm³/mol. The first-order chi connectivity index (χ1) is 8.89.